The van der Waals surface area contributed by atoms with E-state index in [1.54, 1.807) is 0 Å². The summed E-state index contributed by atoms with van der Waals surface area (Å²) < 4.78 is 29.7. The number of hydrogen-bond acceptors (Lipinski definition) is 5. The van der Waals surface area contributed by atoms with Gasteiger partial charge in [0.25, 0.3) is 0 Å². The quantitative estimate of drug-likeness (QED) is 0.625. The number of hydrogen-bond donors (Lipinski definition) is 2. The van der Waals surface area contributed by atoms with Crippen LogP contribution in [0.25, 0.3) is 0 Å². The lowest BCUT2D eigenvalue weighted by Gasteiger charge is -2.40. The maximum atomic E-state index is 11.6. The predicted octanol–water partition coefficient (Wildman–Crippen LogP) is -0.524. The van der Waals surface area contributed by atoms with E-state index >= 15 is 0 Å². The Bertz CT molecular complexity index is 411. The topological polar surface area (TPSA) is 110 Å². The van der Waals surface area contributed by atoms with Gasteiger partial charge in [0.1, 0.15) is 0 Å². The third-order valence-electron chi connectivity index (χ3n) is 2.71. The van der Waals surface area contributed by atoms with Crippen molar-refractivity contribution in [3.05, 3.63) is 0 Å². The maximum Gasteiger partial charge on any atom is 0.322 e. The van der Waals surface area contributed by atoms with Crippen LogP contribution in [0.2, 0.25) is 0 Å². The Labute approximate surface area is 99.2 Å². The highest BCUT2D eigenvalue weighted by Gasteiger charge is 2.42. The second-order valence-electron chi connectivity index (χ2n) is 4.14. The number of nitrogens with one attached hydrogen (secondary N) is 1. The van der Waals surface area contributed by atoms with Gasteiger partial charge in [-0.1, -0.05) is 0 Å². The van der Waals surface area contributed by atoms with Gasteiger partial charge in [0.15, 0.2) is 5.75 Å². The van der Waals surface area contributed by atoms with Crippen molar-refractivity contribution < 1.29 is 27.9 Å². The monoisotopic (exact) mass is 265 g/mol. The number of carbonyl (C=O) groups is 2. The molecule has 1 aliphatic rings. The second-order valence-corrected chi connectivity index (χ2v) is 5.86. The number of sulfonamides is 1. The molecule has 0 heterocycles. The molecule has 1 fully saturated rings. The molecule has 17 heavy (non-hydrogen) atoms. The average Bonchev–Trinajstić information content (AvgIpc) is 2.12. The Morgan fingerprint density at radius 2 is 2.00 bits per heavy atom. The first-order valence-corrected chi connectivity index (χ1v) is 6.74. The summed E-state index contributed by atoms with van der Waals surface area (Å²) in [6.45, 7) is 0. The van der Waals surface area contributed by atoms with Crippen LogP contribution in [0.3, 0.4) is 0 Å². The van der Waals surface area contributed by atoms with E-state index in [9.17, 15) is 18.0 Å². The molecule has 0 aromatic rings. The third kappa shape index (κ3) is 3.97. The van der Waals surface area contributed by atoms with Crippen LogP contribution in [0, 0.1) is 0 Å². The lowest BCUT2D eigenvalue weighted by Crippen LogP contribution is -2.55. The largest absolute Gasteiger partial charge is 0.481 e. The SMILES string of the molecule is COC(=O)CS(=O)(=O)NC1(CC(=O)O)CCC1. The Balaban J connectivity index is 2.68. The fourth-order valence-corrected chi connectivity index (χ4v) is 3.22. The number of carboxylic acid groups (broad SMARTS) is 1. The van der Waals surface area contributed by atoms with Crippen LogP contribution < -0.4 is 4.72 Å². The number of rotatable bonds is 6. The number of carboxylic acids is 1. The summed E-state index contributed by atoms with van der Waals surface area (Å²) in [7, 11) is -2.75. The summed E-state index contributed by atoms with van der Waals surface area (Å²) >= 11 is 0. The van der Waals surface area contributed by atoms with Gasteiger partial charge < -0.3 is 9.84 Å². The van der Waals surface area contributed by atoms with Gasteiger partial charge in [0.2, 0.25) is 10.0 Å². The highest BCUT2D eigenvalue weighted by atomic mass is 32.2. The van der Waals surface area contributed by atoms with Gasteiger partial charge >= 0.3 is 11.9 Å². The molecule has 0 aliphatic heterocycles. The molecule has 98 valence electrons. The Hall–Kier alpha value is -1.15. The second kappa shape index (κ2) is 5.01. The van der Waals surface area contributed by atoms with Gasteiger partial charge in [-0.3, -0.25) is 9.59 Å². The minimum atomic E-state index is -3.84. The number of methoxy groups -OCH3 is 1. The van der Waals surface area contributed by atoms with Crippen LogP contribution in [0.1, 0.15) is 25.7 Å². The fourth-order valence-electron chi connectivity index (χ4n) is 1.79. The van der Waals surface area contributed by atoms with Crippen molar-refractivity contribution in [3.8, 4) is 0 Å². The summed E-state index contributed by atoms with van der Waals surface area (Å²) in [5.41, 5.74) is -0.932. The van der Waals surface area contributed by atoms with Gasteiger partial charge in [-0.25, -0.2) is 13.1 Å². The highest BCUT2D eigenvalue weighted by molar-refractivity contribution is 7.90. The van der Waals surface area contributed by atoms with Crippen molar-refractivity contribution in [3.63, 3.8) is 0 Å². The van der Waals surface area contributed by atoms with Crippen molar-refractivity contribution in [2.24, 2.45) is 0 Å². The summed E-state index contributed by atoms with van der Waals surface area (Å²) in [6.07, 6.45) is 1.45. The average molecular weight is 265 g/mol. The molecule has 8 heteroatoms. The van der Waals surface area contributed by atoms with E-state index in [0.717, 1.165) is 13.5 Å². The molecule has 7 nitrogen and oxygen atoms in total. The zero-order valence-electron chi connectivity index (χ0n) is 9.43. The summed E-state index contributed by atoms with van der Waals surface area (Å²) in [5.74, 6) is -2.72. The minimum Gasteiger partial charge on any atom is -0.481 e. The zero-order chi connectivity index (χ0) is 13.1. The molecule has 0 unspecified atom stereocenters. The molecule has 0 spiro atoms. The first kappa shape index (κ1) is 13.9. The van der Waals surface area contributed by atoms with Crippen LogP contribution in [-0.2, 0) is 24.3 Å². The van der Waals surface area contributed by atoms with Crippen molar-refractivity contribution >= 4 is 22.0 Å². The van der Waals surface area contributed by atoms with E-state index in [1.807, 2.05) is 0 Å². The smallest absolute Gasteiger partial charge is 0.322 e. The van der Waals surface area contributed by atoms with Crippen LogP contribution >= 0.6 is 0 Å². The summed E-state index contributed by atoms with van der Waals surface area (Å²) in [5, 5.41) is 8.71. The molecule has 0 radical (unpaired) electrons. The zero-order valence-corrected chi connectivity index (χ0v) is 10.2. The third-order valence-corrected chi connectivity index (χ3v) is 4.07. The number of ether oxygens (including phenoxy) is 1. The Morgan fingerprint density at radius 1 is 1.41 bits per heavy atom. The van der Waals surface area contributed by atoms with Gasteiger partial charge in [-0.2, -0.15) is 0 Å². The molecule has 1 saturated carbocycles. The molecule has 0 amide bonds. The van der Waals surface area contributed by atoms with E-state index in [4.69, 9.17) is 5.11 Å². The molecule has 0 aromatic heterocycles. The van der Waals surface area contributed by atoms with E-state index in [0.29, 0.717) is 12.8 Å². The molecular weight excluding hydrogens is 250 g/mol. The summed E-state index contributed by atoms with van der Waals surface area (Å²) in [4.78, 5) is 21.5. The Morgan fingerprint density at radius 3 is 2.35 bits per heavy atom. The molecular formula is C9H15NO6S. The highest BCUT2D eigenvalue weighted by Crippen LogP contribution is 2.35. The van der Waals surface area contributed by atoms with Gasteiger partial charge in [0, 0.05) is 5.54 Å². The van der Waals surface area contributed by atoms with Gasteiger partial charge in [-0.05, 0) is 19.3 Å². The normalized spacial score (nSPS) is 18.2. The maximum absolute atomic E-state index is 11.6. The molecule has 0 aromatic carbocycles. The van der Waals surface area contributed by atoms with Crippen molar-refractivity contribution in [1.82, 2.24) is 4.72 Å². The molecule has 1 rings (SSSR count). The van der Waals surface area contributed by atoms with E-state index in [1.165, 1.54) is 0 Å². The first-order chi connectivity index (χ1) is 7.79. The van der Waals surface area contributed by atoms with Crippen molar-refractivity contribution in [2.75, 3.05) is 12.9 Å². The molecule has 2 N–H and O–H groups in total. The van der Waals surface area contributed by atoms with E-state index in [-0.39, 0.29) is 6.42 Å². The Kier molecular flexibility index (Phi) is 4.10. The standard InChI is InChI=1S/C9H15NO6S/c1-16-8(13)6-17(14,15)10-9(3-2-4-9)5-7(11)12/h10H,2-6H2,1H3,(H,11,12). The van der Waals surface area contributed by atoms with Crippen LogP contribution in [0.4, 0.5) is 0 Å². The predicted molar refractivity (Wildman–Crippen MR) is 57.8 cm³/mol. The van der Waals surface area contributed by atoms with Crippen LogP contribution in [0.5, 0.6) is 0 Å². The first-order valence-electron chi connectivity index (χ1n) is 5.09. The molecule has 0 saturated heterocycles. The molecule has 0 atom stereocenters. The van der Waals surface area contributed by atoms with Crippen LogP contribution in [0.15, 0.2) is 0 Å². The van der Waals surface area contributed by atoms with E-state index < -0.39 is 33.3 Å². The number of esters is 1. The summed E-state index contributed by atoms with van der Waals surface area (Å²) in [6, 6.07) is 0. The minimum absolute atomic E-state index is 0.270. The van der Waals surface area contributed by atoms with Crippen molar-refractivity contribution in [2.45, 2.75) is 31.2 Å². The van der Waals surface area contributed by atoms with Gasteiger partial charge in [-0.15, -0.1) is 0 Å². The lowest BCUT2D eigenvalue weighted by atomic mass is 9.75. The lowest BCUT2D eigenvalue weighted by molar-refractivity contribution is -0.139. The van der Waals surface area contributed by atoms with Crippen LogP contribution in [-0.4, -0.2) is 43.9 Å². The van der Waals surface area contributed by atoms with Gasteiger partial charge in [0.05, 0.1) is 13.5 Å². The number of carbonyl (C=O) groups excluding carboxylic acids is 1. The fraction of sp³-hybridized carbons (Fsp3) is 0.778. The van der Waals surface area contributed by atoms with E-state index in [2.05, 4.69) is 9.46 Å². The molecule has 0 bridgehead atoms. The van der Waals surface area contributed by atoms with Crippen molar-refractivity contribution in [1.29, 1.82) is 0 Å². The molecule has 1 aliphatic carbocycles. The number of aliphatic carboxylic acids is 1.